The molecule has 1 heterocycles. The van der Waals surface area contributed by atoms with E-state index in [1.165, 1.54) is 30.3 Å². The molecule has 6 nitrogen and oxygen atoms in total. The number of nitrogen functional groups attached to an aromatic ring is 1. The Morgan fingerprint density at radius 3 is 2.26 bits per heavy atom. The van der Waals surface area contributed by atoms with Gasteiger partial charge in [0.2, 0.25) is 5.97 Å². The lowest BCUT2D eigenvalue weighted by molar-refractivity contribution is 0.0697. The Kier molecular flexibility index (Phi) is 7.31. The molecule has 3 aromatic carbocycles. The zero-order valence-corrected chi connectivity index (χ0v) is 21.2. The van der Waals surface area contributed by atoms with E-state index in [4.69, 9.17) is 11.1 Å². The number of aromatic nitrogens is 1. The van der Waals surface area contributed by atoms with E-state index in [9.17, 15) is 23.9 Å². The van der Waals surface area contributed by atoms with E-state index in [1.807, 2.05) is 18.4 Å². The van der Waals surface area contributed by atoms with Gasteiger partial charge in [-0.25, -0.2) is 9.18 Å². The van der Waals surface area contributed by atoms with Gasteiger partial charge >= 0.3 is 5.97 Å². The molecule has 0 saturated heterocycles. The number of hydrogen-bond donors (Lipinski definition) is 3. The highest BCUT2D eigenvalue weighted by molar-refractivity contribution is 6.07. The number of nitrogens with zero attached hydrogens (tertiary/aromatic N) is 2. The van der Waals surface area contributed by atoms with Gasteiger partial charge in [0.25, 0.3) is 0 Å². The van der Waals surface area contributed by atoms with E-state index in [0.717, 1.165) is 30.5 Å². The second-order valence-electron chi connectivity index (χ2n) is 9.16. The third kappa shape index (κ3) is 4.41. The van der Waals surface area contributed by atoms with E-state index in [0.29, 0.717) is 22.2 Å². The van der Waals surface area contributed by atoms with Gasteiger partial charge in [0.15, 0.2) is 0 Å². The largest absolute Gasteiger partial charge is 0.478 e. The van der Waals surface area contributed by atoms with Gasteiger partial charge < -0.3 is 15.4 Å². The number of nitrogens with two attached hydrogens (primary N) is 1. The first-order valence-electron chi connectivity index (χ1n) is 12.5. The van der Waals surface area contributed by atoms with Crippen LogP contribution in [0.25, 0.3) is 27.7 Å². The summed E-state index contributed by atoms with van der Waals surface area (Å²) in [7, 11) is 0. The Morgan fingerprint density at radius 1 is 1.13 bits per heavy atom. The molecule has 8 heteroatoms. The molecule has 0 radical (unpaired) electrons. The van der Waals surface area contributed by atoms with Crippen LogP contribution in [0.3, 0.4) is 0 Å². The second kappa shape index (κ2) is 10.5. The summed E-state index contributed by atoms with van der Waals surface area (Å²) in [5.41, 5.74) is 9.26. The molecule has 1 fully saturated rings. The SMILES string of the molecule is CC.N#CCC1(c2c(-c3ccc(C(=O)O)cc3)c3cc(N)c(C(=N)F)cc3n2-c2ccc(F)cc2)CCC1. The monoisotopic (exact) mass is 514 g/mol. The lowest BCUT2D eigenvalue weighted by atomic mass is 9.63. The van der Waals surface area contributed by atoms with E-state index in [1.54, 1.807) is 30.3 Å². The molecule has 0 atom stereocenters. The standard InChI is InChI=1S/C28H22F2N4O2.C2H6/c29-18-6-8-19(9-7-18)34-23-15-20(26(30)33)22(32)14-21(23)24(16-2-4-17(5-3-16)27(35)36)25(34)28(12-13-31)10-1-11-28;1-2/h2-9,14-15,33H,1,10-12,32H2,(H,35,36);1-2H3. The second-order valence-corrected chi connectivity index (χ2v) is 9.16. The highest BCUT2D eigenvalue weighted by atomic mass is 19.1. The maximum absolute atomic E-state index is 14.1. The van der Waals surface area contributed by atoms with Crippen LogP contribution in [0.4, 0.5) is 14.5 Å². The number of aromatic carboxylic acids is 1. The lowest BCUT2D eigenvalue weighted by Crippen LogP contribution is -2.36. The van der Waals surface area contributed by atoms with Crippen LogP contribution >= 0.6 is 0 Å². The van der Waals surface area contributed by atoms with Crippen LogP contribution in [0.2, 0.25) is 0 Å². The Labute approximate surface area is 219 Å². The summed E-state index contributed by atoms with van der Waals surface area (Å²) in [4.78, 5) is 11.4. The van der Waals surface area contributed by atoms with Gasteiger partial charge in [-0.3, -0.25) is 5.41 Å². The van der Waals surface area contributed by atoms with Gasteiger partial charge in [0, 0.05) is 39.9 Å². The molecule has 5 rings (SSSR count). The third-order valence-electron chi connectivity index (χ3n) is 7.11. The van der Waals surface area contributed by atoms with Crippen molar-refractivity contribution in [1.82, 2.24) is 4.57 Å². The molecule has 0 spiro atoms. The van der Waals surface area contributed by atoms with Crippen molar-refractivity contribution in [1.29, 1.82) is 10.7 Å². The lowest BCUT2D eigenvalue weighted by Gasteiger charge is -2.42. The summed E-state index contributed by atoms with van der Waals surface area (Å²) in [6.45, 7) is 4.00. The van der Waals surface area contributed by atoms with E-state index in [-0.39, 0.29) is 23.2 Å². The number of rotatable bonds is 6. The number of carboxylic acid groups (broad SMARTS) is 1. The predicted molar refractivity (Wildman–Crippen MR) is 145 cm³/mol. The predicted octanol–water partition coefficient (Wildman–Crippen LogP) is 7.37. The number of hydrogen-bond acceptors (Lipinski definition) is 4. The summed E-state index contributed by atoms with van der Waals surface area (Å²) in [6.07, 6.45) is 2.66. The summed E-state index contributed by atoms with van der Waals surface area (Å²) < 4.78 is 29.9. The van der Waals surface area contributed by atoms with Crippen molar-refractivity contribution in [2.75, 3.05) is 5.73 Å². The number of nitrogens with one attached hydrogen (secondary N) is 1. The van der Waals surface area contributed by atoms with Gasteiger partial charge in [0.1, 0.15) is 5.82 Å². The number of benzene rings is 3. The fourth-order valence-electron chi connectivity index (χ4n) is 5.22. The fourth-order valence-corrected chi connectivity index (χ4v) is 5.22. The smallest absolute Gasteiger partial charge is 0.335 e. The molecule has 1 aliphatic rings. The molecule has 1 aromatic heterocycles. The van der Waals surface area contributed by atoms with Crippen molar-refractivity contribution in [3.63, 3.8) is 0 Å². The van der Waals surface area contributed by atoms with Gasteiger partial charge in [-0.15, -0.1) is 0 Å². The Morgan fingerprint density at radius 2 is 1.76 bits per heavy atom. The quantitative estimate of drug-likeness (QED) is 0.184. The number of fused-ring (bicyclic) bond motifs is 1. The molecule has 4 N–H and O–H groups in total. The van der Waals surface area contributed by atoms with E-state index < -0.39 is 23.2 Å². The Bertz CT molecular complexity index is 1560. The van der Waals surface area contributed by atoms with Gasteiger partial charge in [-0.1, -0.05) is 32.4 Å². The van der Waals surface area contributed by atoms with Gasteiger partial charge in [-0.05, 0) is 66.9 Å². The molecule has 194 valence electrons. The van der Waals surface area contributed by atoms with Crippen molar-refractivity contribution in [3.05, 3.63) is 83.3 Å². The molecule has 38 heavy (non-hydrogen) atoms. The topological polar surface area (TPSA) is 116 Å². The molecular formula is C30H28F2N4O2. The summed E-state index contributed by atoms with van der Waals surface area (Å²) in [6, 6.07) is 17.8. The summed E-state index contributed by atoms with van der Waals surface area (Å²) in [5.74, 6) is -2.64. The minimum atomic E-state index is -1.18. The average molecular weight is 515 g/mol. The van der Waals surface area contributed by atoms with Crippen molar-refractivity contribution < 1.29 is 18.7 Å². The first-order chi connectivity index (χ1) is 18.3. The highest BCUT2D eigenvalue weighted by Crippen LogP contribution is 2.53. The van der Waals surface area contributed by atoms with Gasteiger partial charge in [0.05, 0.1) is 22.7 Å². The van der Waals surface area contributed by atoms with Crippen molar-refractivity contribution in [3.8, 4) is 22.9 Å². The minimum absolute atomic E-state index is 0.0642. The van der Waals surface area contributed by atoms with Crippen LogP contribution in [0.15, 0.2) is 60.7 Å². The zero-order valence-electron chi connectivity index (χ0n) is 21.2. The molecule has 0 bridgehead atoms. The van der Waals surface area contributed by atoms with Crippen LogP contribution in [-0.4, -0.2) is 21.6 Å². The first kappa shape index (κ1) is 26.6. The zero-order chi connectivity index (χ0) is 27.6. The highest BCUT2D eigenvalue weighted by Gasteiger charge is 2.44. The van der Waals surface area contributed by atoms with Crippen molar-refractivity contribution >= 4 is 28.5 Å². The van der Waals surface area contributed by atoms with E-state index in [2.05, 4.69) is 6.07 Å². The van der Waals surface area contributed by atoms with Crippen molar-refractivity contribution in [2.24, 2.45) is 0 Å². The van der Waals surface area contributed by atoms with Crippen LogP contribution in [-0.2, 0) is 5.41 Å². The van der Waals surface area contributed by atoms with Gasteiger partial charge in [-0.2, -0.15) is 9.65 Å². The average Bonchev–Trinajstić information content (AvgIpc) is 3.21. The Hall–Kier alpha value is -4.51. The van der Waals surface area contributed by atoms with E-state index >= 15 is 0 Å². The summed E-state index contributed by atoms with van der Waals surface area (Å²) in [5, 5.41) is 27.4. The maximum Gasteiger partial charge on any atom is 0.335 e. The van der Waals surface area contributed by atoms with Crippen molar-refractivity contribution in [2.45, 2.75) is 44.9 Å². The molecular weight excluding hydrogens is 486 g/mol. The Balaban J connectivity index is 0.00000164. The summed E-state index contributed by atoms with van der Waals surface area (Å²) >= 11 is 0. The number of anilines is 1. The molecule has 0 aliphatic heterocycles. The molecule has 4 aromatic rings. The number of carbonyl (C=O) groups is 1. The van der Waals surface area contributed by atoms with Crippen LogP contribution in [0, 0.1) is 22.6 Å². The number of carboxylic acids is 1. The molecule has 1 saturated carbocycles. The third-order valence-corrected chi connectivity index (χ3v) is 7.11. The molecule has 0 unspecified atom stereocenters. The van der Waals surface area contributed by atoms with Crippen LogP contribution < -0.4 is 5.73 Å². The minimum Gasteiger partial charge on any atom is -0.478 e. The fraction of sp³-hybridized carbons (Fsp3) is 0.233. The molecule has 1 aliphatic carbocycles. The normalized spacial score (nSPS) is 13.7. The van der Waals surface area contributed by atoms with Crippen LogP contribution in [0.5, 0.6) is 0 Å². The molecule has 0 amide bonds. The van der Waals surface area contributed by atoms with Crippen LogP contribution in [0.1, 0.15) is 61.1 Å². The number of nitriles is 1. The number of halogens is 2. The first-order valence-corrected chi connectivity index (χ1v) is 12.5. The maximum atomic E-state index is 14.1.